The van der Waals surface area contributed by atoms with E-state index in [1.54, 1.807) is 13.1 Å². The summed E-state index contributed by atoms with van der Waals surface area (Å²) in [6.07, 6.45) is 3.20. The van der Waals surface area contributed by atoms with Gasteiger partial charge in [0.1, 0.15) is 11.6 Å². The summed E-state index contributed by atoms with van der Waals surface area (Å²) in [5.41, 5.74) is 0.505. The summed E-state index contributed by atoms with van der Waals surface area (Å²) < 4.78 is 31.8. The molecule has 146 valence electrons. The van der Waals surface area contributed by atoms with Gasteiger partial charge in [-0.1, -0.05) is 11.6 Å². The molecule has 1 aromatic heterocycles. The number of hydrogen-bond donors (Lipinski definition) is 2. The van der Waals surface area contributed by atoms with E-state index in [1.165, 1.54) is 12.1 Å². The average molecular weight is 399 g/mol. The number of aliphatic imine (C=N–C) groups is 1. The smallest absolute Gasteiger partial charge is 0.387 e. The predicted octanol–water partition coefficient (Wildman–Crippen LogP) is 2.73. The van der Waals surface area contributed by atoms with Gasteiger partial charge in [-0.25, -0.2) is 0 Å². The molecule has 0 saturated carbocycles. The monoisotopic (exact) mass is 398 g/mol. The predicted molar refractivity (Wildman–Crippen MR) is 98.1 cm³/mol. The van der Waals surface area contributed by atoms with Crippen molar-refractivity contribution in [3.05, 3.63) is 40.4 Å². The lowest BCUT2D eigenvalue weighted by Gasteiger charge is -2.17. The highest BCUT2D eigenvalue weighted by Crippen LogP contribution is 2.24. The van der Waals surface area contributed by atoms with Gasteiger partial charge in [0, 0.05) is 37.1 Å². The summed E-state index contributed by atoms with van der Waals surface area (Å²) in [5.74, 6) is 2.43. The van der Waals surface area contributed by atoms with Crippen molar-refractivity contribution in [1.29, 1.82) is 0 Å². The molecule has 1 aliphatic rings. The molecule has 0 aliphatic carbocycles. The largest absolute Gasteiger partial charge is 0.434 e. The summed E-state index contributed by atoms with van der Waals surface area (Å²) in [4.78, 5) is 4.14. The third-order valence-electron chi connectivity index (χ3n) is 4.26. The lowest BCUT2D eigenvalue weighted by atomic mass is 10.2. The Kier molecular flexibility index (Phi) is 6.44. The molecule has 3 rings (SSSR count). The van der Waals surface area contributed by atoms with Crippen LogP contribution in [-0.4, -0.2) is 34.4 Å². The maximum absolute atomic E-state index is 12.6. The van der Waals surface area contributed by atoms with E-state index < -0.39 is 6.61 Å². The first-order valence-corrected chi connectivity index (χ1v) is 9.03. The Morgan fingerprint density at radius 3 is 2.89 bits per heavy atom. The molecule has 2 aromatic rings. The summed E-state index contributed by atoms with van der Waals surface area (Å²) in [5, 5.41) is 15.1. The molecular formula is C17H21ClF2N6O. The van der Waals surface area contributed by atoms with Crippen LogP contribution in [0.1, 0.15) is 30.1 Å². The van der Waals surface area contributed by atoms with Gasteiger partial charge in [-0.15, -0.1) is 10.2 Å². The van der Waals surface area contributed by atoms with Gasteiger partial charge in [-0.05, 0) is 31.0 Å². The molecule has 7 nitrogen and oxygen atoms in total. The minimum atomic E-state index is -2.90. The van der Waals surface area contributed by atoms with Crippen molar-refractivity contribution in [3.63, 3.8) is 0 Å². The molecule has 27 heavy (non-hydrogen) atoms. The van der Waals surface area contributed by atoms with Crippen LogP contribution in [0.5, 0.6) is 5.75 Å². The molecule has 0 saturated heterocycles. The lowest BCUT2D eigenvalue weighted by molar-refractivity contribution is -0.0504. The number of ether oxygens (including phenoxy) is 1. The van der Waals surface area contributed by atoms with Crippen molar-refractivity contribution in [2.45, 2.75) is 45.5 Å². The second-order valence-corrected chi connectivity index (χ2v) is 6.49. The standard InChI is InChI=1S/C17H21ClF2N6O/c1-21-17(23-10-15-25-24-14-4-2-3-7-26(14)15)22-9-11-8-12(18)5-6-13(11)27-16(19)20/h5-6,8,16H,2-4,7,9-10H2,1H3,(H2,21,22,23). The molecule has 0 atom stereocenters. The van der Waals surface area contributed by atoms with Crippen molar-refractivity contribution in [3.8, 4) is 5.75 Å². The number of fused-ring (bicyclic) bond motifs is 1. The van der Waals surface area contributed by atoms with Crippen LogP contribution in [0.25, 0.3) is 0 Å². The van der Waals surface area contributed by atoms with Crippen molar-refractivity contribution < 1.29 is 13.5 Å². The van der Waals surface area contributed by atoms with Crippen LogP contribution in [0.15, 0.2) is 23.2 Å². The maximum Gasteiger partial charge on any atom is 0.387 e. The van der Waals surface area contributed by atoms with E-state index in [-0.39, 0.29) is 12.3 Å². The number of alkyl halides is 2. The van der Waals surface area contributed by atoms with Crippen molar-refractivity contribution in [2.24, 2.45) is 4.99 Å². The van der Waals surface area contributed by atoms with Crippen LogP contribution in [0.2, 0.25) is 5.02 Å². The SMILES string of the molecule is CN=C(NCc1cc(Cl)ccc1OC(F)F)NCc1nnc2n1CCCC2. The molecule has 1 aromatic carbocycles. The Hall–Kier alpha value is -2.42. The van der Waals surface area contributed by atoms with E-state index in [9.17, 15) is 8.78 Å². The minimum Gasteiger partial charge on any atom is -0.434 e. The van der Waals surface area contributed by atoms with E-state index in [0.717, 1.165) is 37.5 Å². The Balaban J connectivity index is 1.60. The molecule has 2 heterocycles. The molecule has 2 N–H and O–H groups in total. The highest BCUT2D eigenvalue weighted by atomic mass is 35.5. The average Bonchev–Trinajstić information content (AvgIpc) is 3.07. The summed E-state index contributed by atoms with van der Waals surface area (Å²) in [6.45, 7) is -1.30. The van der Waals surface area contributed by atoms with Crippen molar-refractivity contribution >= 4 is 17.6 Å². The number of halogens is 3. The van der Waals surface area contributed by atoms with E-state index in [2.05, 4.69) is 35.1 Å². The van der Waals surface area contributed by atoms with E-state index in [1.807, 2.05) is 0 Å². The molecule has 10 heteroatoms. The first-order chi connectivity index (χ1) is 13.1. The Bertz CT molecular complexity index is 811. The second-order valence-electron chi connectivity index (χ2n) is 6.05. The summed E-state index contributed by atoms with van der Waals surface area (Å²) in [6, 6.07) is 4.50. The van der Waals surface area contributed by atoms with E-state index >= 15 is 0 Å². The Morgan fingerprint density at radius 2 is 2.11 bits per heavy atom. The first kappa shape index (κ1) is 19.3. The van der Waals surface area contributed by atoms with Gasteiger partial charge in [0.25, 0.3) is 0 Å². The number of rotatable bonds is 6. The molecule has 0 radical (unpaired) electrons. The van der Waals surface area contributed by atoms with Gasteiger partial charge in [0.05, 0.1) is 6.54 Å². The number of aromatic nitrogens is 3. The fourth-order valence-electron chi connectivity index (χ4n) is 2.96. The lowest BCUT2D eigenvalue weighted by Crippen LogP contribution is -2.37. The molecule has 0 amide bonds. The molecule has 0 fully saturated rings. The number of nitrogens with one attached hydrogen (secondary N) is 2. The second kappa shape index (κ2) is 8.98. The van der Waals surface area contributed by atoms with Gasteiger partial charge in [0.15, 0.2) is 11.8 Å². The third-order valence-corrected chi connectivity index (χ3v) is 4.49. The fourth-order valence-corrected chi connectivity index (χ4v) is 3.15. The number of guanidine groups is 1. The minimum absolute atomic E-state index is 0.0730. The highest BCUT2D eigenvalue weighted by Gasteiger charge is 2.16. The Morgan fingerprint density at radius 1 is 1.30 bits per heavy atom. The molecular weight excluding hydrogens is 378 g/mol. The van der Waals surface area contributed by atoms with Gasteiger partial charge in [-0.3, -0.25) is 4.99 Å². The number of hydrogen-bond acceptors (Lipinski definition) is 4. The van der Waals surface area contributed by atoms with Gasteiger partial charge < -0.3 is 19.9 Å². The quantitative estimate of drug-likeness (QED) is 0.578. The molecule has 0 spiro atoms. The number of nitrogens with zero attached hydrogens (tertiary/aromatic N) is 4. The van der Waals surface area contributed by atoms with Gasteiger partial charge in [0.2, 0.25) is 0 Å². The molecule has 0 unspecified atom stereocenters. The zero-order chi connectivity index (χ0) is 19.2. The van der Waals surface area contributed by atoms with Crippen LogP contribution in [0.3, 0.4) is 0 Å². The topological polar surface area (TPSA) is 76.4 Å². The zero-order valence-corrected chi connectivity index (χ0v) is 15.6. The maximum atomic E-state index is 12.6. The van der Waals surface area contributed by atoms with Gasteiger partial charge >= 0.3 is 6.61 Å². The number of aryl methyl sites for hydroxylation is 1. The summed E-state index contributed by atoms with van der Waals surface area (Å²) in [7, 11) is 1.63. The fraction of sp³-hybridized carbons (Fsp3) is 0.471. The van der Waals surface area contributed by atoms with E-state index in [4.69, 9.17) is 11.6 Å². The zero-order valence-electron chi connectivity index (χ0n) is 14.9. The third kappa shape index (κ3) is 5.06. The van der Waals surface area contributed by atoms with Gasteiger partial charge in [-0.2, -0.15) is 8.78 Å². The van der Waals surface area contributed by atoms with Crippen molar-refractivity contribution in [1.82, 2.24) is 25.4 Å². The van der Waals surface area contributed by atoms with Crippen LogP contribution in [-0.2, 0) is 26.1 Å². The molecule has 0 bridgehead atoms. The van der Waals surface area contributed by atoms with Crippen LogP contribution >= 0.6 is 11.6 Å². The first-order valence-electron chi connectivity index (χ1n) is 8.65. The van der Waals surface area contributed by atoms with Crippen LogP contribution < -0.4 is 15.4 Å². The van der Waals surface area contributed by atoms with E-state index in [0.29, 0.717) is 23.1 Å². The Labute approximate surface area is 160 Å². The van der Waals surface area contributed by atoms with Crippen molar-refractivity contribution in [2.75, 3.05) is 7.05 Å². The van der Waals surface area contributed by atoms with Crippen LogP contribution in [0, 0.1) is 0 Å². The molecule has 1 aliphatic heterocycles. The highest BCUT2D eigenvalue weighted by molar-refractivity contribution is 6.30. The normalized spacial score (nSPS) is 14.2. The number of benzene rings is 1. The van der Waals surface area contributed by atoms with Crippen LogP contribution in [0.4, 0.5) is 8.78 Å². The summed E-state index contributed by atoms with van der Waals surface area (Å²) >= 11 is 5.96.